The smallest absolute Gasteiger partial charge is 0.0946 e. The Balaban J connectivity index is 1.89. The molecule has 4 nitrogen and oxygen atoms in total. The van der Waals surface area contributed by atoms with Gasteiger partial charge in [0, 0.05) is 30.7 Å². The average Bonchev–Trinajstić information content (AvgIpc) is 2.93. The average molecular weight is 280 g/mol. The minimum atomic E-state index is 0.233. The molecule has 0 amide bonds. The number of nitrogens with one attached hydrogen (secondary N) is 1. The van der Waals surface area contributed by atoms with Gasteiger partial charge in [-0.15, -0.1) is 0 Å². The summed E-state index contributed by atoms with van der Waals surface area (Å²) in [6, 6.07) is 12.7. The van der Waals surface area contributed by atoms with Crippen LogP contribution in [-0.2, 0) is 13.5 Å². The van der Waals surface area contributed by atoms with Gasteiger partial charge < -0.3 is 9.88 Å². The number of aromatic nitrogens is 3. The minimum Gasteiger partial charge on any atom is -0.336 e. The summed E-state index contributed by atoms with van der Waals surface area (Å²) in [5, 5.41) is 4.70. The van der Waals surface area contributed by atoms with Crippen LogP contribution >= 0.6 is 0 Å². The normalized spacial score (nSPS) is 12.7. The molecule has 21 heavy (non-hydrogen) atoms. The van der Waals surface area contributed by atoms with Crippen LogP contribution < -0.4 is 5.32 Å². The summed E-state index contributed by atoms with van der Waals surface area (Å²) in [5.41, 5.74) is 3.34. The van der Waals surface area contributed by atoms with E-state index in [2.05, 4.69) is 46.1 Å². The summed E-state index contributed by atoms with van der Waals surface area (Å²) in [6.07, 6.45) is 4.63. The van der Waals surface area contributed by atoms with E-state index in [1.165, 1.54) is 11.1 Å². The lowest BCUT2D eigenvalue weighted by Crippen LogP contribution is -2.25. The van der Waals surface area contributed by atoms with Crippen LogP contribution in [0.3, 0.4) is 0 Å². The topological polar surface area (TPSA) is 42.7 Å². The zero-order valence-electron chi connectivity index (χ0n) is 12.5. The number of benzene rings is 1. The third-order valence-corrected chi connectivity index (χ3v) is 3.73. The molecule has 0 saturated heterocycles. The van der Waals surface area contributed by atoms with Gasteiger partial charge in [-0.2, -0.15) is 0 Å². The molecule has 0 aliphatic rings. The van der Waals surface area contributed by atoms with E-state index in [0.29, 0.717) is 0 Å². The van der Waals surface area contributed by atoms with Gasteiger partial charge in [0.05, 0.1) is 23.6 Å². The van der Waals surface area contributed by atoms with Gasteiger partial charge in [-0.1, -0.05) is 31.2 Å². The van der Waals surface area contributed by atoms with Crippen molar-refractivity contribution in [2.45, 2.75) is 19.4 Å². The van der Waals surface area contributed by atoms with Crippen LogP contribution in [0.5, 0.6) is 0 Å². The fourth-order valence-electron chi connectivity index (χ4n) is 2.66. The molecule has 0 radical (unpaired) electrons. The third-order valence-electron chi connectivity index (χ3n) is 3.73. The zero-order chi connectivity index (χ0) is 14.7. The minimum absolute atomic E-state index is 0.233. The Hall–Kier alpha value is -2.20. The van der Waals surface area contributed by atoms with Crippen molar-refractivity contribution in [2.75, 3.05) is 6.54 Å². The van der Waals surface area contributed by atoms with E-state index in [0.717, 1.165) is 24.2 Å². The van der Waals surface area contributed by atoms with Crippen LogP contribution in [0.2, 0.25) is 0 Å². The number of pyridine rings is 1. The molecule has 108 valence electrons. The number of para-hydroxylation sites is 1. The summed E-state index contributed by atoms with van der Waals surface area (Å²) in [4.78, 5) is 8.99. The van der Waals surface area contributed by atoms with E-state index in [1.54, 1.807) is 0 Å². The van der Waals surface area contributed by atoms with E-state index >= 15 is 0 Å². The molecule has 1 unspecified atom stereocenters. The number of likely N-dealkylation sites (N-methyl/N-ethyl adjacent to an activating group) is 1. The second kappa shape index (κ2) is 6.06. The Morgan fingerprint density at radius 3 is 2.81 bits per heavy atom. The van der Waals surface area contributed by atoms with Gasteiger partial charge in [-0.3, -0.25) is 4.98 Å². The lowest BCUT2D eigenvalue weighted by atomic mass is 10.1. The number of hydrogen-bond donors (Lipinski definition) is 1. The van der Waals surface area contributed by atoms with Gasteiger partial charge in [0.15, 0.2) is 0 Å². The monoisotopic (exact) mass is 280 g/mol. The molecule has 3 rings (SSSR count). The Labute approximate surface area is 124 Å². The summed E-state index contributed by atoms with van der Waals surface area (Å²) < 4.78 is 2.06. The highest BCUT2D eigenvalue weighted by Gasteiger charge is 2.15. The summed E-state index contributed by atoms with van der Waals surface area (Å²) in [6.45, 7) is 3.04. The summed E-state index contributed by atoms with van der Waals surface area (Å²) >= 11 is 0. The number of imidazole rings is 1. The van der Waals surface area contributed by atoms with Crippen molar-refractivity contribution >= 4 is 10.9 Å². The first-order valence-electron chi connectivity index (χ1n) is 7.32. The Kier molecular flexibility index (Phi) is 3.97. The maximum Gasteiger partial charge on any atom is 0.0946 e. The van der Waals surface area contributed by atoms with Crippen molar-refractivity contribution in [3.63, 3.8) is 0 Å². The van der Waals surface area contributed by atoms with Gasteiger partial charge in [0.25, 0.3) is 0 Å². The van der Waals surface area contributed by atoms with Gasteiger partial charge in [0.2, 0.25) is 0 Å². The second-order valence-electron chi connectivity index (χ2n) is 5.24. The molecule has 2 heterocycles. The summed E-state index contributed by atoms with van der Waals surface area (Å²) in [7, 11) is 2.03. The van der Waals surface area contributed by atoms with Gasteiger partial charge in [-0.25, -0.2) is 4.98 Å². The van der Waals surface area contributed by atoms with Crippen LogP contribution in [0, 0.1) is 0 Å². The largest absolute Gasteiger partial charge is 0.336 e. The van der Waals surface area contributed by atoms with E-state index in [4.69, 9.17) is 4.98 Å². The van der Waals surface area contributed by atoms with Crippen molar-refractivity contribution in [1.82, 2.24) is 19.9 Å². The van der Waals surface area contributed by atoms with Gasteiger partial charge >= 0.3 is 0 Å². The van der Waals surface area contributed by atoms with E-state index in [1.807, 2.05) is 31.7 Å². The number of hydrogen-bond acceptors (Lipinski definition) is 3. The fraction of sp³-hybridized carbons (Fsp3) is 0.294. The molecule has 1 N–H and O–H groups in total. The summed E-state index contributed by atoms with van der Waals surface area (Å²) in [5.74, 6) is 0. The van der Waals surface area contributed by atoms with Crippen LogP contribution in [0.25, 0.3) is 10.9 Å². The highest BCUT2D eigenvalue weighted by molar-refractivity contribution is 5.78. The van der Waals surface area contributed by atoms with Crippen molar-refractivity contribution in [3.8, 4) is 0 Å². The highest BCUT2D eigenvalue weighted by atomic mass is 15.1. The molecule has 0 bridgehead atoms. The number of fused-ring (bicyclic) bond motifs is 1. The maximum atomic E-state index is 4.77. The van der Waals surface area contributed by atoms with E-state index in [9.17, 15) is 0 Å². The second-order valence-corrected chi connectivity index (χ2v) is 5.24. The first kappa shape index (κ1) is 13.8. The predicted molar refractivity (Wildman–Crippen MR) is 85.1 cm³/mol. The molecule has 0 aliphatic carbocycles. The maximum absolute atomic E-state index is 4.77. The van der Waals surface area contributed by atoms with Crippen LogP contribution in [0.15, 0.2) is 48.9 Å². The van der Waals surface area contributed by atoms with E-state index < -0.39 is 0 Å². The number of aryl methyl sites for hydroxylation is 1. The molecule has 0 saturated carbocycles. The molecule has 0 aliphatic heterocycles. The molecule has 2 aromatic heterocycles. The van der Waals surface area contributed by atoms with Crippen molar-refractivity contribution < 1.29 is 0 Å². The van der Waals surface area contributed by atoms with Crippen LogP contribution in [0.1, 0.15) is 24.4 Å². The van der Waals surface area contributed by atoms with Crippen molar-refractivity contribution in [3.05, 3.63) is 60.3 Å². The molecule has 0 spiro atoms. The third kappa shape index (κ3) is 2.95. The van der Waals surface area contributed by atoms with Gasteiger partial charge in [0.1, 0.15) is 0 Å². The molecular formula is C17H20N4. The fourth-order valence-corrected chi connectivity index (χ4v) is 2.66. The number of rotatable bonds is 5. The highest BCUT2D eigenvalue weighted by Crippen LogP contribution is 2.19. The Morgan fingerprint density at radius 1 is 1.19 bits per heavy atom. The lowest BCUT2D eigenvalue weighted by molar-refractivity contribution is 0.516. The predicted octanol–water partition coefficient (Wildman–Crippen LogP) is 2.86. The SMILES string of the molecule is CCNC(Cc1ccc2ccccc2n1)c1cncn1C. The molecule has 1 aromatic carbocycles. The first-order valence-corrected chi connectivity index (χ1v) is 7.32. The van der Waals surface area contributed by atoms with Gasteiger partial charge in [-0.05, 0) is 18.7 Å². The molecule has 4 heteroatoms. The molecule has 3 aromatic rings. The quantitative estimate of drug-likeness (QED) is 0.781. The van der Waals surface area contributed by atoms with Crippen LogP contribution in [-0.4, -0.2) is 21.1 Å². The van der Waals surface area contributed by atoms with E-state index in [-0.39, 0.29) is 6.04 Å². The molecule has 1 atom stereocenters. The Morgan fingerprint density at radius 2 is 2.05 bits per heavy atom. The van der Waals surface area contributed by atoms with Crippen LogP contribution in [0.4, 0.5) is 0 Å². The zero-order valence-corrected chi connectivity index (χ0v) is 12.5. The molecule has 0 fully saturated rings. The standard InChI is InChI=1S/C17H20N4/c1-3-19-16(17-11-18-12-21(17)2)10-14-9-8-13-6-4-5-7-15(13)20-14/h4-9,11-12,16,19H,3,10H2,1-2H3. The molecular weight excluding hydrogens is 260 g/mol. The number of nitrogens with zero attached hydrogens (tertiary/aromatic N) is 3. The Bertz CT molecular complexity index is 732. The first-order chi connectivity index (χ1) is 10.3. The van der Waals surface area contributed by atoms with Crippen molar-refractivity contribution in [1.29, 1.82) is 0 Å². The van der Waals surface area contributed by atoms with Crippen molar-refractivity contribution in [2.24, 2.45) is 7.05 Å². The lowest BCUT2D eigenvalue weighted by Gasteiger charge is -2.18.